The number of hydrogen-bond donors (Lipinski definition) is 2. The third kappa shape index (κ3) is 1.41. The van der Waals surface area contributed by atoms with E-state index in [1.165, 1.54) is 0 Å². The zero-order valence-corrected chi connectivity index (χ0v) is 5.42. The molecule has 1 rings (SSSR count). The molecule has 1 aliphatic heterocycles. The minimum atomic E-state index is 0.199. The van der Waals surface area contributed by atoms with Gasteiger partial charge in [-0.15, -0.1) is 0 Å². The molecule has 0 aromatic rings. The predicted octanol–water partition coefficient (Wildman–Crippen LogP) is -0.800. The van der Waals surface area contributed by atoms with Crippen molar-refractivity contribution in [2.75, 3.05) is 26.4 Å². The van der Waals surface area contributed by atoms with Crippen molar-refractivity contribution in [1.82, 2.24) is 0 Å². The third-order valence-corrected chi connectivity index (χ3v) is 1.87. The Morgan fingerprint density at radius 2 is 2.33 bits per heavy atom. The number of aliphatic hydroxyl groups is 1. The van der Waals surface area contributed by atoms with Crippen LogP contribution in [0, 0.1) is 11.8 Å². The fraction of sp³-hybridized carbons (Fsp3) is 1.00. The highest BCUT2D eigenvalue weighted by Crippen LogP contribution is 2.18. The van der Waals surface area contributed by atoms with E-state index >= 15 is 0 Å². The summed E-state index contributed by atoms with van der Waals surface area (Å²) in [6, 6.07) is 0. The van der Waals surface area contributed by atoms with Gasteiger partial charge in [-0.2, -0.15) is 0 Å². The summed E-state index contributed by atoms with van der Waals surface area (Å²) in [5.74, 6) is 0.777. The van der Waals surface area contributed by atoms with Crippen LogP contribution in [0.4, 0.5) is 0 Å². The molecule has 0 spiro atoms. The molecule has 1 aliphatic rings. The molecule has 0 aromatic carbocycles. The first kappa shape index (κ1) is 6.99. The number of nitrogens with two attached hydrogens (primary N) is 1. The third-order valence-electron chi connectivity index (χ3n) is 1.87. The molecule has 1 fully saturated rings. The standard InChI is InChI=1S/C6H13NO2/c7-1-5(2-8)6-3-9-4-6/h5-6,8H,1-4,7H2. The fourth-order valence-corrected chi connectivity index (χ4v) is 0.942. The topological polar surface area (TPSA) is 55.5 Å². The molecule has 3 heteroatoms. The van der Waals surface area contributed by atoms with Crippen molar-refractivity contribution in [1.29, 1.82) is 0 Å². The molecular weight excluding hydrogens is 118 g/mol. The molecule has 54 valence electrons. The average molecular weight is 131 g/mol. The van der Waals surface area contributed by atoms with Gasteiger partial charge in [-0.05, 0) is 6.54 Å². The molecule has 1 unspecified atom stereocenters. The second-order valence-electron chi connectivity index (χ2n) is 2.48. The van der Waals surface area contributed by atoms with Crippen molar-refractivity contribution in [3.05, 3.63) is 0 Å². The minimum absolute atomic E-state index is 0.199. The van der Waals surface area contributed by atoms with Crippen LogP contribution in [0.25, 0.3) is 0 Å². The van der Waals surface area contributed by atoms with Gasteiger partial charge in [0.1, 0.15) is 0 Å². The van der Waals surface area contributed by atoms with E-state index in [-0.39, 0.29) is 12.5 Å². The molecular formula is C6H13NO2. The fourth-order valence-electron chi connectivity index (χ4n) is 0.942. The van der Waals surface area contributed by atoms with Crippen LogP contribution in [-0.2, 0) is 4.74 Å². The van der Waals surface area contributed by atoms with Crippen molar-refractivity contribution in [2.45, 2.75) is 0 Å². The van der Waals surface area contributed by atoms with Gasteiger partial charge < -0.3 is 15.6 Å². The maximum absolute atomic E-state index is 8.73. The zero-order chi connectivity index (χ0) is 6.69. The van der Waals surface area contributed by atoms with Crippen LogP contribution in [0.1, 0.15) is 0 Å². The summed E-state index contributed by atoms with van der Waals surface area (Å²) >= 11 is 0. The van der Waals surface area contributed by atoms with Crippen LogP contribution in [0.5, 0.6) is 0 Å². The normalized spacial score (nSPS) is 23.3. The summed E-state index contributed by atoms with van der Waals surface area (Å²) in [6.07, 6.45) is 0. The predicted molar refractivity (Wildman–Crippen MR) is 33.9 cm³/mol. The zero-order valence-electron chi connectivity index (χ0n) is 5.42. The van der Waals surface area contributed by atoms with Crippen LogP contribution in [0.15, 0.2) is 0 Å². The van der Waals surface area contributed by atoms with E-state index in [9.17, 15) is 0 Å². The second-order valence-corrected chi connectivity index (χ2v) is 2.48. The van der Waals surface area contributed by atoms with Gasteiger partial charge in [-0.3, -0.25) is 0 Å². The van der Waals surface area contributed by atoms with Crippen molar-refractivity contribution in [3.63, 3.8) is 0 Å². The van der Waals surface area contributed by atoms with E-state index in [1.54, 1.807) is 0 Å². The lowest BCUT2D eigenvalue weighted by Crippen LogP contribution is -2.39. The highest BCUT2D eigenvalue weighted by atomic mass is 16.5. The van der Waals surface area contributed by atoms with Gasteiger partial charge in [0.15, 0.2) is 0 Å². The molecule has 0 aliphatic carbocycles. The lowest BCUT2D eigenvalue weighted by molar-refractivity contribution is -0.0685. The highest BCUT2D eigenvalue weighted by Gasteiger charge is 2.26. The van der Waals surface area contributed by atoms with Crippen molar-refractivity contribution in [2.24, 2.45) is 17.6 Å². The summed E-state index contributed by atoms with van der Waals surface area (Å²) < 4.78 is 4.95. The Kier molecular flexibility index (Phi) is 2.45. The Morgan fingerprint density at radius 1 is 1.67 bits per heavy atom. The summed E-state index contributed by atoms with van der Waals surface area (Å²) in [5, 5.41) is 8.73. The van der Waals surface area contributed by atoms with E-state index < -0.39 is 0 Å². The first-order chi connectivity index (χ1) is 4.38. The second kappa shape index (κ2) is 3.15. The largest absolute Gasteiger partial charge is 0.396 e. The quantitative estimate of drug-likeness (QED) is 0.527. The first-order valence-electron chi connectivity index (χ1n) is 3.27. The molecule has 0 amide bonds. The number of ether oxygens (including phenoxy) is 1. The van der Waals surface area contributed by atoms with E-state index in [2.05, 4.69) is 0 Å². The van der Waals surface area contributed by atoms with Crippen molar-refractivity contribution >= 4 is 0 Å². The van der Waals surface area contributed by atoms with Crippen LogP contribution in [-0.4, -0.2) is 31.5 Å². The maximum Gasteiger partial charge on any atom is 0.0520 e. The summed E-state index contributed by atoms with van der Waals surface area (Å²) in [5.41, 5.74) is 5.38. The number of hydrogen-bond acceptors (Lipinski definition) is 3. The lowest BCUT2D eigenvalue weighted by atomic mass is 9.92. The van der Waals surface area contributed by atoms with E-state index in [1.807, 2.05) is 0 Å². The molecule has 3 nitrogen and oxygen atoms in total. The number of aliphatic hydroxyl groups excluding tert-OH is 1. The first-order valence-corrected chi connectivity index (χ1v) is 3.27. The minimum Gasteiger partial charge on any atom is -0.396 e. The van der Waals surface area contributed by atoms with Gasteiger partial charge in [0.25, 0.3) is 0 Å². The SMILES string of the molecule is NCC(CO)C1COC1. The molecule has 9 heavy (non-hydrogen) atoms. The van der Waals surface area contributed by atoms with E-state index in [0.717, 1.165) is 13.2 Å². The van der Waals surface area contributed by atoms with E-state index in [4.69, 9.17) is 15.6 Å². The molecule has 0 radical (unpaired) electrons. The molecule has 1 atom stereocenters. The lowest BCUT2D eigenvalue weighted by Gasteiger charge is -2.31. The summed E-state index contributed by atoms with van der Waals surface area (Å²) in [7, 11) is 0. The van der Waals surface area contributed by atoms with Crippen molar-refractivity contribution < 1.29 is 9.84 Å². The van der Waals surface area contributed by atoms with Gasteiger partial charge in [0.2, 0.25) is 0 Å². The summed E-state index contributed by atoms with van der Waals surface area (Å²) in [4.78, 5) is 0. The van der Waals surface area contributed by atoms with Crippen LogP contribution in [0.2, 0.25) is 0 Å². The van der Waals surface area contributed by atoms with Gasteiger partial charge >= 0.3 is 0 Å². The number of rotatable bonds is 3. The molecule has 3 N–H and O–H groups in total. The molecule has 0 aromatic heterocycles. The van der Waals surface area contributed by atoms with Crippen LogP contribution in [0.3, 0.4) is 0 Å². The smallest absolute Gasteiger partial charge is 0.0520 e. The molecule has 1 heterocycles. The monoisotopic (exact) mass is 131 g/mol. The van der Waals surface area contributed by atoms with Gasteiger partial charge in [-0.1, -0.05) is 0 Å². The molecule has 1 saturated heterocycles. The maximum atomic E-state index is 8.73. The van der Waals surface area contributed by atoms with E-state index in [0.29, 0.717) is 12.5 Å². The van der Waals surface area contributed by atoms with Gasteiger partial charge in [0, 0.05) is 18.4 Å². The molecule has 0 saturated carbocycles. The van der Waals surface area contributed by atoms with Crippen LogP contribution >= 0.6 is 0 Å². The Morgan fingerprint density at radius 3 is 2.44 bits per heavy atom. The Balaban J connectivity index is 2.19. The van der Waals surface area contributed by atoms with Crippen molar-refractivity contribution in [3.8, 4) is 0 Å². The summed E-state index contributed by atoms with van der Waals surface area (Å²) in [6.45, 7) is 2.33. The highest BCUT2D eigenvalue weighted by molar-refractivity contribution is 4.74. The van der Waals surface area contributed by atoms with Gasteiger partial charge in [0.05, 0.1) is 13.2 Å². The van der Waals surface area contributed by atoms with Gasteiger partial charge in [-0.25, -0.2) is 0 Å². The average Bonchev–Trinajstić information content (AvgIpc) is 1.78. The Labute approximate surface area is 54.8 Å². The molecule has 0 bridgehead atoms. The Bertz CT molecular complexity index is 79.1. The Hall–Kier alpha value is -0.120. The van der Waals surface area contributed by atoms with Crippen LogP contribution < -0.4 is 5.73 Å².